The van der Waals surface area contributed by atoms with Crippen LogP contribution >= 0.6 is 11.6 Å². The Labute approximate surface area is 124 Å². The maximum absolute atomic E-state index is 10.4. The number of aliphatic hydroxyl groups excluding tert-OH is 1. The fourth-order valence-corrected chi connectivity index (χ4v) is 3.30. The number of β-amino-alcohol motifs (C(OH)–C–C–N with tert-alkyl or cyclic N) is 1. The number of hydrogen-bond acceptors (Lipinski definition) is 5. The number of pyridine rings is 1. The number of ether oxygens (including phenoxy) is 1. The normalized spacial score (nSPS) is 28.6. The predicted octanol–water partition coefficient (Wildman–Crippen LogP) is 1.01. The zero-order chi connectivity index (χ0) is 13.9. The molecule has 2 aliphatic heterocycles. The standard InChI is InChI=1S/C14H20ClN3O2/c15-11-2-1-4-16-14(11)18-5-3-12(13(19)10-18)17-6-8-20-9-7-17/h1-2,4,12-13,19H,3,5-10H2/t12-,13-/m1/s1. The van der Waals surface area contributed by atoms with Crippen LogP contribution in [-0.2, 0) is 4.74 Å². The van der Waals surface area contributed by atoms with E-state index in [1.165, 1.54) is 0 Å². The number of aliphatic hydroxyl groups is 1. The van der Waals surface area contributed by atoms with Gasteiger partial charge in [0.15, 0.2) is 0 Å². The molecule has 3 rings (SSSR count). The van der Waals surface area contributed by atoms with Gasteiger partial charge in [0.2, 0.25) is 0 Å². The Bertz CT molecular complexity index is 454. The lowest BCUT2D eigenvalue weighted by atomic mass is 9.99. The van der Waals surface area contributed by atoms with E-state index in [1.807, 2.05) is 12.1 Å². The molecular formula is C14H20ClN3O2. The van der Waals surface area contributed by atoms with Crippen LogP contribution in [0.15, 0.2) is 18.3 Å². The highest BCUT2D eigenvalue weighted by Gasteiger charge is 2.33. The highest BCUT2D eigenvalue weighted by Crippen LogP contribution is 2.27. The Kier molecular flexibility index (Phi) is 4.41. The van der Waals surface area contributed by atoms with Gasteiger partial charge in [0.1, 0.15) is 5.82 Å². The first-order valence-electron chi connectivity index (χ1n) is 7.11. The second-order valence-electron chi connectivity index (χ2n) is 5.33. The minimum Gasteiger partial charge on any atom is -0.390 e. The first-order chi connectivity index (χ1) is 9.75. The van der Waals surface area contributed by atoms with Crippen molar-refractivity contribution >= 4 is 17.4 Å². The van der Waals surface area contributed by atoms with E-state index in [1.54, 1.807) is 6.20 Å². The largest absolute Gasteiger partial charge is 0.390 e. The average Bonchev–Trinajstić information content (AvgIpc) is 2.48. The van der Waals surface area contributed by atoms with Crippen molar-refractivity contribution in [2.75, 3.05) is 44.3 Å². The summed E-state index contributed by atoms with van der Waals surface area (Å²) in [6.07, 6.45) is 2.29. The minimum absolute atomic E-state index is 0.220. The van der Waals surface area contributed by atoms with Gasteiger partial charge in [-0.25, -0.2) is 4.98 Å². The van der Waals surface area contributed by atoms with Gasteiger partial charge in [0, 0.05) is 38.4 Å². The highest BCUT2D eigenvalue weighted by atomic mass is 35.5. The Hall–Kier alpha value is -0.880. The van der Waals surface area contributed by atoms with Crippen LogP contribution in [-0.4, -0.2) is 66.5 Å². The molecular weight excluding hydrogens is 278 g/mol. The number of aromatic nitrogens is 1. The summed E-state index contributed by atoms with van der Waals surface area (Å²) in [5, 5.41) is 11.1. The topological polar surface area (TPSA) is 48.8 Å². The van der Waals surface area contributed by atoms with Crippen LogP contribution < -0.4 is 4.90 Å². The summed E-state index contributed by atoms with van der Waals surface area (Å²) in [4.78, 5) is 8.74. The lowest BCUT2D eigenvalue weighted by molar-refractivity contribution is -0.0274. The van der Waals surface area contributed by atoms with E-state index in [4.69, 9.17) is 16.3 Å². The van der Waals surface area contributed by atoms with E-state index in [-0.39, 0.29) is 12.1 Å². The summed E-state index contributed by atoms with van der Waals surface area (Å²) in [7, 11) is 0. The van der Waals surface area contributed by atoms with Crippen LogP contribution in [0.5, 0.6) is 0 Å². The molecule has 0 spiro atoms. The van der Waals surface area contributed by atoms with E-state index < -0.39 is 0 Å². The van der Waals surface area contributed by atoms with Crippen molar-refractivity contribution in [3.63, 3.8) is 0 Å². The van der Waals surface area contributed by atoms with Crippen molar-refractivity contribution < 1.29 is 9.84 Å². The van der Waals surface area contributed by atoms with E-state index in [0.717, 1.165) is 45.1 Å². The number of morpholine rings is 1. The zero-order valence-electron chi connectivity index (χ0n) is 11.4. The molecule has 1 aromatic heterocycles. The molecule has 3 heterocycles. The second-order valence-corrected chi connectivity index (χ2v) is 5.73. The fraction of sp³-hybridized carbons (Fsp3) is 0.643. The summed E-state index contributed by atoms with van der Waals surface area (Å²) in [6, 6.07) is 3.88. The first-order valence-corrected chi connectivity index (χ1v) is 7.49. The van der Waals surface area contributed by atoms with Crippen molar-refractivity contribution in [1.82, 2.24) is 9.88 Å². The molecule has 0 radical (unpaired) electrons. The fourth-order valence-electron chi connectivity index (χ4n) is 3.06. The van der Waals surface area contributed by atoms with E-state index in [9.17, 15) is 5.11 Å². The van der Waals surface area contributed by atoms with Gasteiger partial charge in [-0.05, 0) is 18.6 Å². The lowest BCUT2D eigenvalue weighted by Gasteiger charge is -2.43. The summed E-state index contributed by atoms with van der Waals surface area (Å²) >= 11 is 6.18. The van der Waals surface area contributed by atoms with Gasteiger partial charge in [-0.3, -0.25) is 4.90 Å². The summed E-state index contributed by atoms with van der Waals surface area (Å²) in [5.74, 6) is 0.772. The van der Waals surface area contributed by atoms with Crippen molar-refractivity contribution in [1.29, 1.82) is 0 Å². The van der Waals surface area contributed by atoms with Gasteiger partial charge in [-0.1, -0.05) is 11.6 Å². The third kappa shape index (κ3) is 2.91. The maximum Gasteiger partial charge on any atom is 0.147 e. The van der Waals surface area contributed by atoms with Crippen molar-refractivity contribution in [2.24, 2.45) is 0 Å². The van der Waals surface area contributed by atoms with Crippen LogP contribution in [0.2, 0.25) is 5.02 Å². The zero-order valence-corrected chi connectivity index (χ0v) is 12.2. The number of anilines is 1. The molecule has 2 saturated heterocycles. The molecule has 2 fully saturated rings. The minimum atomic E-state index is -0.375. The van der Waals surface area contributed by atoms with E-state index in [0.29, 0.717) is 11.6 Å². The quantitative estimate of drug-likeness (QED) is 0.883. The van der Waals surface area contributed by atoms with Crippen molar-refractivity contribution in [3.8, 4) is 0 Å². The molecule has 6 heteroatoms. The molecule has 2 atom stereocenters. The van der Waals surface area contributed by atoms with Gasteiger partial charge in [-0.15, -0.1) is 0 Å². The molecule has 2 aliphatic rings. The molecule has 0 bridgehead atoms. The number of piperidine rings is 1. The predicted molar refractivity (Wildman–Crippen MR) is 78.3 cm³/mol. The Balaban J connectivity index is 1.66. The number of hydrogen-bond donors (Lipinski definition) is 1. The van der Waals surface area contributed by atoms with Crippen LogP contribution in [0.1, 0.15) is 6.42 Å². The van der Waals surface area contributed by atoms with Gasteiger partial charge >= 0.3 is 0 Å². The third-order valence-electron chi connectivity index (χ3n) is 4.10. The smallest absolute Gasteiger partial charge is 0.147 e. The number of halogens is 1. The van der Waals surface area contributed by atoms with E-state index >= 15 is 0 Å². The summed E-state index contributed by atoms with van der Waals surface area (Å²) in [6.45, 7) is 4.80. The Morgan fingerprint density at radius 1 is 1.30 bits per heavy atom. The SMILES string of the molecule is O[C@@H]1CN(c2ncccc2Cl)CC[C@H]1N1CCOCC1. The molecule has 110 valence electrons. The van der Waals surface area contributed by atoms with Crippen LogP contribution in [0.4, 0.5) is 5.82 Å². The first kappa shape index (κ1) is 14.1. The van der Waals surface area contributed by atoms with Gasteiger partial charge in [0.25, 0.3) is 0 Å². The molecule has 1 N–H and O–H groups in total. The van der Waals surface area contributed by atoms with Crippen molar-refractivity contribution in [3.05, 3.63) is 23.4 Å². The molecule has 1 aromatic rings. The molecule has 0 aromatic carbocycles. The summed E-state index contributed by atoms with van der Waals surface area (Å²) < 4.78 is 5.37. The van der Waals surface area contributed by atoms with Crippen molar-refractivity contribution in [2.45, 2.75) is 18.6 Å². The average molecular weight is 298 g/mol. The maximum atomic E-state index is 10.4. The van der Waals surface area contributed by atoms with Gasteiger partial charge in [-0.2, -0.15) is 0 Å². The monoisotopic (exact) mass is 297 g/mol. The van der Waals surface area contributed by atoms with Crippen LogP contribution in [0, 0.1) is 0 Å². The Morgan fingerprint density at radius 3 is 2.80 bits per heavy atom. The molecule has 0 saturated carbocycles. The molecule has 0 aliphatic carbocycles. The Morgan fingerprint density at radius 2 is 2.10 bits per heavy atom. The van der Waals surface area contributed by atoms with Gasteiger partial charge < -0.3 is 14.7 Å². The molecule has 0 amide bonds. The number of nitrogens with zero attached hydrogens (tertiary/aromatic N) is 3. The number of rotatable bonds is 2. The van der Waals surface area contributed by atoms with Gasteiger partial charge in [0.05, 0.1) is 24.3 Å². The molecule has 5 nitrogen and oxygen atoms in total. The highest BCUT2D eigenvalue weighted by molar-refractivity contribution is 6.32. The molecule has 20 heavy (non-hydrogen) atoms. The molecule has 0 unspecified atom stereocenters. The second kappa shape index (κ2) is 6.26. The third-order valence-corrected chi connectivity index (χ3v) is 4.39. The van der Waals surface area contributed by atoms with Crippen LogP contribution in [0.25, 0.3) is 0 Å². The van der Waals surface area contributed by atoms with Crippen LogP contribution in [0.3, 0.4) is 0 Å². The summed E-state index contributed by atoms with van der Waals surface area (Å²) in [5.41, 5.74) is 0. The van der Waals surface area contributed by atoms with E-state index in [2.05, 4.69) is 14.8 Å². The lowest BCUT2D eigenvalue weighted by Crippen LogP contribution is -2.56.